The zero-order valence-electron chi connectivity index (χ0n) is 9.89. The molecule has 0 unspecified atom stereocenters. The topological polar surface area (TPSA) is 41.1 Å². The predicted molar refractivity (Wildman–Crippen MR) is 76.7 cm³/mol. The van der Waals surface area contributed by atoms with Gasteiger partial charge in [-0.3, -0.25) is 5.32 Å². The smallest absolute Gasteiger partial charge is 0.308 e. The van der Waals surface area contributed by atoms with Gasteiger partial charge in [-0.25, -0.2) is 9.18 Å². The highest BCUT2D eigenvalue weighted by atomic mass is 32.1. The molecule has 96 valence electrons. The number of anilines is 1. The molecule has 0 atom stereocenters. The van der Waals surface area contributed by atoms with Gasteiger partial charge in [0, 0.05) is 11.3 Å². The van der Waals surface area contributed by atoms with Crippen LogP contribution in [-0.2, 0) is 0 Å². The third-order valence-corrected chi connectivity index (χ3v) is 2.70. The molecule has 3 nitrogen and oxygen atoms in total. The first-order valence-corrected chi connectivity index (χ1v) is 5.99. The van der Waals surface area contributed by atoms with E-state index in [4.69, 9.17) is 12.2 Å². The van der Waals surface area contributed by atoms with Gasteiger partial charge in [-0.15, -0.1) is 0 Å². The minimum absolute atomic E-state index is 0.334. The summed E-state index contributed by atoms with van der Waals surface area (Å²) in [6, 6.07) is 14.2. The molecule has 0 aliphatic carbocycles. The van der Waals surface area contributed by atoms with Crippen LogP contribution in [0.15, 0.2) is 54.6 Å². The molecule has 2 aromatic rings. The maximum Gasteiger partial charge on any atom is 0.324 e. The van der Waals surface area contributed by atoms with Gasteiger partial charge in [0.25, 0.3) is 0 Å². The van der Waals surface area contributed by atoms with E-state index in [0.29, 0.717) is 10.7 Å². The number of urea groups is 1. The van der Waals surface area contributed by atoms with E-state index < -0.39 is 6.03 Å². The van der Waals surface area contributed by atoms with Gasteiger partial charge >= 0.3 is 6.03 Å². The number of amides is 2. The highest BCUT2D eigenvalue weighted by molar-refractivity contribution is 7.80. The van der Waals surface area contributed by atoms with Gasteiger partial charge in [-0.05, 0) is 24.3 Å². The fourth-order valence-electron chi connectivity index (χ4n) is 1.46. The summed E-state index contributed by atoms with van der Waals surface area (Å²) in [4.78, 5) is 12.0. The molecule has 2 aromatic carbocycles. The van der Waals surface area contributed by atoms with Crippen molar-refractivity contribution < 1.29 is 9.18 Å². The molecule has 0 bridgehead atoms. The lowest BCUT2D eigenvalue weighted by Crippen LogP contribution is -2.33. The van der Waals surface area contributed by atoms with E-state index in [1.165, 1.54) is 24.3 Å². The van der Waals surface area contributed by atoms with Crippen molar-refractivity contribution in [3.63, 3.8) is 0 Å². The first-order chi connectivity index (χ1) is 9.15. The molecular weight excluding hydrogens is 263 g/mol. The Balaban J connectivity index is 1.95. The third-order valence-electron chi connectivity index (χ3n) is 2.37. The van der Waals surface area contributed by atoms with Crippen LogP contribution in [0.1, 0.15) is 5.56 Å². The van der Waals surface area contributed by atoms with Crippen LogP contribution in [-0.4, -0.2) is 11.0 Å². The van der Waals surface area contributed by atoms with Gasteiger partial charge in [0.15, 0.2) is 0 Å². The number of carbonyl (C=O) groups excluding carboxylic acids is 1. The number of hydrogen-bond acceptors (Lipinski definition) is 2. The molecule has 0 aliphatic heterocycles. The van der Waals surface area contributed by atoms with Crippen molar-refractivity contribution in [3.05, 3.63) is 66.0 Å². The average Bonchev–Trinajstić information content (AvgIpc) is 2.42. The van der Waals surface area contributed by atoms with Crippen molar-refractivity contribution in [1.29, 1.82) is 0 Å². The van der Waals surface area contributed by atoms with Crippen LogP contribution in [0, 0.1) is 5.82 Å². The summed E-state index contributed by atoms with van der Waals surface area (Å²) in [6.45, 7) is 0. The molecule has 19 heavy (non-hydrogen) atoms. The fourth-order valence-corrected chi connectivity index (χ4v) is 1.69. The summed E-state index contributed by atoms with van der Waals surface area (Å²) < 4.78 is 12.7. The number of carbonyl (C=O) groups is 1. The van der Waals surface area contributed by atoms with Gasteiger partial charge in [0.05, 0.1) is 0 Å². The Hall–Kier alpha value is -2.27. The number of hydrogen-bond donors (Lipinski definition) is 2. The van der Waals surface area contributed by atoms with Crippen molar-refractivity contribution in [2.45, 2.75) is 0 Å². The SMILES string of the molecule is O=C(NC(=S)c1ccccc1)Nc1ccc(F)cc1. The van der Waals surface area contributed by atoms with Gasteiger partial charge in [0.2, 0.25) is 0 Å². The Morgan fingerprint density at radius 1 is 1.00 bits per heavy atom. The van der Waals surface area contributed by atoms with Crippen LogP contribution in [0.3, 0.4) is 0 Å². The molecule has 0 spiro atoms. The molecule has 0 aliphatic rings. The lowest BCUT2D eigenvalue weighted by atomic mass is 10.2. The van der Waals surface area contributed by atoms with Crippen LogP contribution in [0.4, 0.5) is 14.9 Å². The zero-order valence-corrected chi connectivity index (χ0v) is 10.7. The van der Waals surface area contributed by atoms with Crippen LogP contribution in [0.5, 0.6) is 0 Å². The lowest BCUT2D eigenvalue weighted by Gasteiger charge is -2.08. The second-order valence-electron chi connectivity index (χ2n) is 3.78. The monoisotopic (exact) mass is 274 g/mol. The predicted octanol–water partition coefficient (Wildman–Crippen LogP) is 3.32. The first kappa shape index (κ1) is 13.2. The summed E-state index contributed by atoms with van der Waals surface area (Å²) in [7, 11) is 0. The van der Waals surface area contributed by atoms with Crippen LogP contribution in [0.2, 0.25) is 0 Å². The van der Waals surface area contributed by atoms with E-state index >= 15 is 0 Å². The number of thiocarbonyl (C=S) groups is 1. The molecule has 0 radical (unpaired) electrons. The first-order valence-electron chi connectivity index (χ1n) is 5.58. The van der Waals surface area contributed by atoms with Crippen LogP contribution in [0.25, 0.3) is 0 Å². The van der Waals surface area contributed by atoms with Gasteiger partial charge < -0.3 is 5.32 Å². The van der Waals surface area contributed by atoms with E-state index in [9.17, 15) is 9.18 Å². The fraction of sp³-hybridized carbons (Fsp3) is 0. The van der Waals surface area contributed by atoms with Crippen LogP contribution < -0.4 is 10.6 Å². The molecule has 2 amide bonds. The van der Waals surface area contributed by atoms with Gasteiger partial charge in [0.1, 0.15) is 10.8 Å². The second-order valence-corrected chi connectivity index (χ2v) is 4.19. The summed E-state index contributed by atoms with van der Waals surface area (Å²) in [5.74, 6) is -0.356. The van der Waals surface area contributed by atoms with E-state index in [2.05, 4.69) is 10.6 Å². The quantitative estimate of drug-likeness (QED) is 0.825. The Kier molecular flexibility index (Phi) is 4.20. The zero-order chi connectivity index (χ0) is 13.7. The van der Waals surface area contributed by atoms with Crippen molar-refractivity contribution in [2.75, 3.05) is 5.32 Å². The Bertz CT molecular complexity index is 584. The van der Waals surface area contributed by atoms with Crippen molar-refractivity contribution >= 4 is 28.9 Å². The maximum absolute atomic E-state index is 12.7. The molecule has 0 saturated carbocycles. The molecule has 5 heteroatoms. The molecule has 0 fully saturated rings. The van der Waals surface area contributed by atoms with Crippen molar-refractivity contribution in [2.24, 2.45) is 0 Å². The maximum atomic E-state index is 12.7. The van der Waals surface area contributed by atoms with Gasteiger partial charge in [-0.2, -0.15) is 0 Å². The lowest BCUT2D eigenvalue weighted by molar-refractivity contribution is 0.256. The molecule has 0 aromatic heterocycles. The molecule has 0 heterocycles. The number of benzene rings is 2. The molecule has 2 N–H and O–H groups in total. The summed E-state index contributed by atoms with van der Waals surface area (Å²) >= 11 is 5.10. The van der Waals surface area contributed by atoms with Gasteiger partial charge in [-0.1, -0.05) is 42.5 Å². The van der Waals surface area contributed by atoms with Crippen LogP contribution >= 0.6 is 12.2 Å². The number of nitrogens with one attached hydrogen (secondary N) is 2. The second kappa shape index (κ2) is 6.06. The number of rotatable bonds is 2. The minimum Gasteiger partial charge on any atom is -0.308 e. The van der Waals surface area contributed by atoms with Crippen molar-refractivity contribution in [3.8, 4) is 0 Å². The Morgan fingerprint density at radius 3 is 2.26 bits per heavy atom. The van der Waals surface area contributed by atoms with Crippen molar-refractivity contribution in [1.82, 2.24) is 5.32 Å². The normalized spacial score (nSPS) is 9.74. The summed E-state index contributed by atoms with van der Waals surface area (Å²) in [6.07, 6.45) is 0. The van der Waals surface area contributed by atoms with E-state index in [-0.39, 0.29) is 5.82 Å². The summed E-state index contributed by atoms with van der Waals surface area (Å²) in [5, 5.41) is 5.11. The Morgan fingerprint density at radius 2 is 1.63 bits per heavy atom. The third kappa shape index (κ3) is 3.86. The van der Waals surface area contributed by atoms with E-state index in [1.807, 2.05) is 18.2 Å². The number of halogens is 1. The molecular formula is C14H11FN2OS. The Labute approximate surface area is 115 Å². The largest absolute Gasteiger partial charge is 0.324 e. The molecule has 2 rings (SSSR count). The summed E-state index contributed by atoms with van der Waals surface area (Å²) in [5.41, 5.74) is 1.25. The minimum atomic E-state index is -0.458. The average molecular weight is 274 g/mol. The standard InChI is InChI=1S/C14H11FN2OS/c15-11-6-8-12(9-7-11)16-14(18)17-13(19)10-4-2-1-3-5-10/h1-9H,(H2,16,17,18,19). The van der Waals surface area contributed by atoms with E-state index in [0.717, 1.165) is 5.56 Å². The highest BCUT2D eigenvalue weighted by Gasteiger charge is 2.06. The van der Waals surface area contributed by atoms with E-state index in [1.54, 1.807) is 12.1 Å². The highest BCUT2D eigenvalue weighted by Crippen LogP contribution is 2.08. The molecule has 0 saturated heterocycles.